The van der Waals surface area contributed by atoms with Gasteiger partial charge in [0.25, 0.3) is 0 Å². The molecular formula is C15H32OP+. The van der Waals surface area contributed by atoms with Gasteiger partial charge in [-0.3, -0.25) is 0 Å². The van der Waals surface area contributed by atoms with Crippen LogP contribution in [-0.4, -0.2) is 5.66 Å². The molecule has 0 bridgehead atoms. The fraction of sp³-hybridized carbons (Fsp3) is 1.00. The van der Waals surface area contributed by atoms with Crippen LogP contribution in [0.25, 0.3) is 0 Å². The lowest BCUT2D eigenvalue weighted by molar-refractivity contribution is 0.305. The fourth-order valence-corrected chi connectivity index (χ4v) is 3.01. The normalized spacial score (nSPS) is 15.7. The van der Waals surface area contributed by atoms with Crippen molar-refractivity contribution in [3.63, 3.8) is 0 Å². The quantitative estimate of drug-likeness (QED) is 0.365. The summed E-state index contributed by atoms with van der Waals surface area (Å²) in [5.41, 5.74) is 0.411. The number of hydrogen-bond acceptors (Lipinski definition) is 1. The van der Waals surface area contributed by atoms with Crippen molar-refractivity contribution in [2.24, 2.45) is 17.8 Å². The first kappa shape index (κ1) is 17.1. The Morgan fingerprint density at radius 3 is 2.00 bits per heavy atom. The van der Waals surface area contributed by atoms with Crippen molar-refractivity contribution in [2.75, 3.05) is 0 Å². The van der Waals surface area contributed by atoms with E-state index in [9.17, 15) is 4.57 Å². The van der Waals surface area contributed by atoms with Crippen molar-refractivity contribution in [2.45, 2.75) is 78.8 Å². The van der Waals surface area contributed by atoms with Gasteiger partial charge in [0.05, 0.1) is 0 Å². The van der Waals surface area contributed by atoms with Gasteiger partial charge in [-0.1, -0.05) is 71.3 Å². The molecule has 0 aromatic heterocycles. The molecule has 0 heterocycles. The molecule has 1 nitrogen and oxygen atoms in total. The van der Waals surface area contributed by atoms with Gasteiger partial charge in [-0.05, 0) is 24.2 Å². The van der Waals surface area contributed by atoms with E-state index in [0.29, 0.717) is 11.6 Å². The minimum atomic E-state index is -0.130. The highest BCUT2D eigenvalue weighted by Gasteiger charge is 2.26. The van der Waals surface area contributed by atoms with E-state index in [1.54, 1.807) is 0 Å². The van der Waals surface area contributed by atoms with E-state index < -0.39 is 0 Å². The summed E-state index contributed by atoms with van der Waals surface area (Å²) in [7, 11) is -0.130. The lowest BCUT2D eigenvalue weighted by Gasteiger charge is -2.22. The van der Waals surface area contributed by atoms with E-state index in [4.69, 9.17) is 0 Å². The van der Waals surface area contributed by atoms with Gasteiger partial charge in [0, 0.05) is 0 Å². The zero-order valence-corrected chi connectivity index (χ0v) is 13.5. The van der Waals surface area contributed by atoms with Crippen LogP contribution in [-0.2, 0) is 4.57 Å². The summed E-state index contributed by atoms with van der Waals surface area (Å²) in [4.78, 5) is 0. The molecule has 3 atom stereocenters. The minimum Gasteiger partial charge on any atom is -0.0771 e. The van der Waals surface area contributed by atoms with E-state index in [-0.39, 0.29) is 8.46 Å². The van der Waals surface area contributed by atoms with Crippen LogP contribution in [0.15, 0.2) is 0 Å². The van der Waals surface area contributed by atoms with Gasteiger partial charge in [-0.2, -0.15) is 0 Å². The van der Waals surface area contributed by atoms with Crippen molar-refractivity contribution in [3.05, 3.63) is 0 Å². The van der Waals surface area contributed by atoms with Gasteiger partial charge >= 0.3 is 8.46 Å². The lowest BCUT2D eigenvalue weighted by Crippen LogP contribution is -2.18. The third kappa shape index (κ3) is 7.92. The first-order chi connectivity index (χ1) is 8.02. The highest BCUT2D eigenvalue weighted by Crippen LogP contribution is 2.31. The minimum absolute atomic E-state index is 0.130. The zero-order valence-electron chi connectivity index (χ0n) is 12.5. The Balaban J connectivity index is 4.09. The second-order valence-corrected chi connectivity index (χ2v) is 7.03. The number of hydrogen-bond donors (Lipinski definition) is 0. The topological polar surface area (TPSA) is 17.1 Å². The fourth-order valence-electron chi connectivity index (χ4n) is 2.34. The molecule has 0 saturated carbocycles. The molecule has 0 aromatic carbocycles. The van der Waals surface area contributed by atoms with E-state index in [1.165, 1.54) is 32.1 Å². The molecule has 0 rings (SSSR count). The maximum Gasteiger partial charge on any atom is 0.328 e. The second-order valence-electron chi connectivity index (χ2n) is 6.06. The summed E-state index contributed by atoms with van der Waals surface area (Å²) in [6.45, 7) is 11.3. The molecule has 2 heteroatoms. The molecule has 17 heavy (non-hydrogen) atoms. The molecule has 0 aliphatic rings. The maximum atomic E-state index is 11.2. The molecular weight excluding hydrogens is 227 g/mol. The Bertz CT molecular complexity index is 189. The summed E-state index contributed by atoms with van der Waals surface area (Å²) >= 11 is 0. The van der Waals surface area contributed by atoms with Gasteiger partial charge in [0.2, 0.25) is 0 Å². The SMILES string of the molecule is CCCCCCC(CC([PH+]=O)C(C)C)C(C)C. The Hall–Kier alpha value is 0.100. The van der Waals surface area contributed by atoms with E-state index >= 15 is 0 Å². The largest absolute Gasteiger partial charge is 0.328 e. The van der Waals surface area contributed by atoms with Crippen molar-refractivity contribution in [1.82, 2.24) is 0 Å². The smallest absolute Gasteiger partial charge is 0.0771 e. The van der Waals surface area contributed by atoms with E-state index in [1.807, 2.05) is 0 Å². The first-order valence-electron chi connectivity index (χ1n) is 7.40. The standard InChI is InChI=1S/C15H31OP/c1-6-7-8-9-10-14(12(2)3)11-15(17-16)13(4)5/h12-15H,6-11H2,1-5H3/p+1. The molecule has 0 aromatic rings. The molecule has 0 saturated heterocycles. The zero-order chi connectivity index (χ0) is 13.3. The van der Waals surface area contributed by atoms with Gasteiger partial charge in [0.15, 0.2) is 5.66 Å². The molecule has 0 aliphatic carbocycles. The Morgan fingerprint density at radius 1 is 0.941 bits per heavy atom. The number of unbranched alkanes of at least 4 members (excludes halogenated alkanes) is 3. The van der Waals surface area contributed by atoms with Gasteiger partial charge in [-0.15, -0.1) is 0 Å². The monoisotopic (exact) mass is 259 g/mol. The molecule has 0 spiro atoms. The average molecular weight is 259 g/mol. The van der Waals surface area contributed by atoms with Crippen LogP contribution < -0.4 is 0 Å². The van der Waals surface area contributed by atoms with Crippen LogP contribution in [0.3, 0.4) is 0 Å². The highest BCUT2D eigenvalue weighted by atomic mass is 31.1. The van der Waals surface area contributed by atoms with Crippen LogP contribution in [0.4, 0.5) is 0 Å². The predicted octanol–water partition coefficient (Wildman–Crippen LogP) is 5.67. The predicted molar refractivity (Wildman–Crippen MR) is 79.3 cm³/mol. The van der Waals surface area contributed by atoms with Gasteiger partial charge in [-0.25, -0.2) is 0 Å². The summed E-state index contributed by atoms with van der Waals surface area (Å²) in [5.74, 6) is 2.05. The molecule has 0 N–H and O–H groups in total. The Labute approximate surface area is 110 Å². The van der Waals surface area contributed by atoms with Crippen LogP contribution in [0.2, 0.25) is 0 Å². The summed E-state index contributed by atoms with van der Waals surface area (Å²) in [5, 5.41) is 0. The summed E-state index contributed by atoms with van der Waals surface area (Å²) in [6, 6.07) is 0. The van der Waals surface area contributed by atoms with Crippen molar-refractivity contribution < 1.29 is 4.57 Å². The molecule has 0 fully saturated rings. The summed E-state index contributed by atoms with van der Waals surface area (Å²) in [6.07, 6.45) is 7.87. The van der Waals surface area contributed by atoms with Gasteiger partial charge in [0.1, 0.15) is 0 Å². The summed E-state index contributed by atoms with van der Waals surface area (Å²) < 4.78 is 11.2. The van der Waals surface area contributed by atoms with Crippen LogP contribution >= 0.6 is 8.46 Å². The maximum absolute atomic E-state index is 11.2. The van der Waals surface area contributed by atoms with Crippen molar-refractivity contribution in [1.29, 1.82) is 0 Å². The third-order valence-electron chi connectivity index (χ3n) is 3.88. The Kier molecular flexibility index (Phi) is 10.1. The molecule has 0 amide bonds. The van der Waals surface area contributed by atoms with Crippen molar-refractivity contribution in [3.8, 4) is 0 Å². The highest BCUT2D eigenvalue weighted by molar-refractivity contribution is 7.24. The van der Waals surface area contributed by atoms with Crippen LogP contribution in [0.5, 0.6) is 0 Å². The molecule has 0 aliphatic heterocycles. The lowest BCUT2D eigenvalue weighted by atomic mass is 9.84. The average Bonchev–Trinajstić information content (AvgIpc) is 2.27. The number of rotatable bonds is 10. The molecule has 102 valence electrons. The van der Waals surface area contributed by atoms with Crippen LogP contribution in [0, 0.1) is 17.8 Å². The molecule has 3 unspecified atom stereocenters. The van der Waals surface area contributed by atoms with Gasteiger partial charge < -0.3 is 0 Å². The Morgan fingerprint density at radius 2 is 1.59 bits per heavy atom. The van der Waals surface area contributed by atoms with Crippen LogP contribution in [0.1, 0.15) is 73.1 Å². The van der Waals surface area contributed by atoms with E-state index in [0.717, 1.165) is 18.3 Å². The van der Waals surface area contributed by atoms with Crippen molar-refractivity contribution >= 4 is 8.46 Å². The molecule has 0 radical (unpaired) electrons. The van der Waals surface area contributed by atoms with E-state index in [2.05, 4.69) is 34.6 Å². The third-order valence-corrected chi connectivity index (χ3v) is 5.09. The first-order valence-corrected chi connectivity index (χ1v) is 8.39. The second kappa shape index (κ2) is 10.1.